The second-order valence-electron chi connectivity index (χ2n) is 6.44. The van der Waals surface area contributed by atoms with Gasteiger partial charge in [0.2, 0.25) is 0 Å². The summed E-state index contributed by atoms with van der Waals surface area (Å²) in [6.45, 7) is 8.84. The fraction of sp³-hybridized carbons (Fsp3) is 1.00. The Hall–Kier alpha value is -0.120. The molecule has 114 valence electrons. The molecule has 1 atom stereocenters. The maximum Gasteiger partial charge on any atom is 0.0589 e. The molecule has 1 rings (SSSR count). The third-order valence-corrected chi connectivity index (χ3v) is 4.28. The Balaban J connectivity index is 2.46. The van der Waals surface area contributed by atoms with Crippen LogP contribution >= 0.6 is 0 Å². The molecule has 0 aliphatic heterocycles. The van der Waals surface area contributed by atoms with Gasteiger partial charge in [0.25, 0.3) is 0 Å². The molecule has 1 saturated carbocycles. The van der Waals surface area contributed by atoms with Crippen LogP contribution in [0, 0.1) is 11.8 Å². The van der Waals surface area contributed by atoms with Crippen molar-refractivity contribution in [2.75, 3.05) is 40.4 Å². The van der Waals surface area contributed by atoms with E-state index in [1.165, 1.54) is 45.2 Å². The molecule has 1 N–H and O–H groups in total. The average molecular weight is 270 g/mol. The zero-order valence-corrected chi connectivity index (χ0v) is 13.5. The minimum absolute atomic E-state index is 0.649. The summed E-state index contributed by atoms with van der Waals surface area (Å²) < 4.78 is 5.25. The van der Waals surface area contributed by atoms with Crippen molar-refractivity contribution in [3.63, 3.8) is 0 Å². The van der Waals surface area contributed by atoms with Gasteiger partial charge in [-0.3, -0.25) is 4.90 Å². The van der Waals surface area contributed by atoms with Crippen LogP contribution in [0.3, 0.4) is 0 Å². The Morgan fingerprint density at radius 3 is 2.37 bits per heavy atom. The largest absolute Gasteiger partial charge is 0.383 e. The molecule has 0 bridgehead atoms. The van der Waals surface area contributed by atoms with E-state index in [0.29, 0.717) is 6.04 Å². The van der Waals surface area contributed by atoms with Crippen LogP contribution in [-0.4, -0.2) is 51.3 Å². The van der Waals surface area contributed by atoms with E-state index in [-0.39, 0.29) is 0 Å². The van der Waals surface area contributed by atoms with Crippen LogP contribution in [0.1, 0.15) is 46.0 Å². The van der Waals surface area contributed by atoms with Crippen molar-refractivity contribution in [1.82, 2.24) is 10.2 Å². The van der Waals surface area contributed by atoms with Crippen LogP contribution in [0.2, 0.25) is 0 Å². The Bertz CT molecular complexity index is 215. The molecule has 1 unspecified atom stereocenters. The lowest BCUT2D eigenvalue weighted by molar-refractivity contribution is 0.120. The molecule has 0 aromatic rings. The average Bonchev–Trinajstić information content (AvgIpc) is 2.42. The number of hydrogen-bond donors (Lipinski definition) is 1. The van der Waals surface area contributed by atoms with Gasteiger partial charge in [-0.1, -0.05) is 33.1 Å². The van der Waals surface area contributed by atoms with Gasteiger partial charge < -0.3 is 10.1 Å². The number of methoxy groups -OCH3 is 1. The van der Waals surface area contributed by atoms with Gasteiger partial charge in [0.15, 0.2) is 0 Å². The van der Waals surface area contributed by atoms with Crippen LogP contribution in [0.25, 0.3) is 0 Å². The first-order valence-corrected chi connectivity index (χ1v) is 8.06. The first-order valence-electron chi connectivity index (χ1n) is 8.06. The van der Waals surface area contributed by atoms with E-state index < -0.39 is 0 Å². The van der Waals surface area contributed by atoms with Crippen LogP contribution in [0.5, 0.6) is 0 Å². The molecule has 0 spiro atoms. The van der Waals surface area contributed by atoms with Crippen molar-refractivity contribution in [3.05, 3.63) is 0 Å². The zero-order chi connectivity index (χ0) is 14.1. The minimum Gasteiger partial charge on any atom is -0.383 e. The molecule has 0 heterocycles. The first-order chi connectivity index (χ1) is 9.17. The van der Waals surface area contributed by atoms with Crippen molar-refractivity contribution < 1.29 is 4.74 Å². The lowest BCUT2D eigenvalue weighted by atomic mass is 9.83. The topological polar surface area (TPSA) is 24.5 Å². The van der Waals surface area contributed by atoms with Crippen molar-refractivity contribution in [3.8, 4) is 0 Å². The van der Waals surface area contributed by atoms with E-state index in [1.54, 1.807) is 7.11 Å². The first kappa shape index (κ1) is 16.9. The lowest BCUT2D eigenvalue weighted by Gasteiger charge is -2.35. The highest BCUT2D eigenvalue weighted by Crippen LogP contribution is 2.26. The van der Waals surface area contributed by atoms with Crippen LogP contribution < -0.4 is 5.32 Å². The molecule has 0 aromatic carbocycles. The summed E-state index contributed by atoms with van der Waals surface area (Å²) in [6, 6.07) is 0.649. The van der Waals surface area contributed by atoms with Gasteiger partial charge in [0, 0.05) is 32.8 Å². The van der Waals surface area contributed by atoms with Crippen molar-refractivity contribution >= 4 is 0 Å². The highest BCUT2D eigenvalue weighted by Gasteiger charge is 2.24. The van der Waals surface area contributed by atoms with E-state index in [2.05, 4.69) is 31.1 Å². The predicted molar refractivity (Wildman–Crippen MR) is 82.6 cm³/mol. The third kappa shape index (κ3) is 6.73. The highest BCUT2D eigenvalue weighted by molar-refractivity contribution is 4.81. The van der Waals surface area contributed by atoms with Gasteiger partial charge in [0.1, 0.15) is 0 Å². The zero-order valence-electron chi connectivity index (χ0n) is 13.5. The van der Waals surface area contributed by atoms with Crippen molar-refractivity contribution in [2.45, 2.75) is 52.0 Å². The van der Waals surface area contributed by atoms with Gasteiger partial charge in [0.05, 0.1) is 6.61 Å². The molecule has 1 aliphatic carbocycles. The van der Waals surface area contributed by atoms with Gasteiger partial charge in [-0.15, -0.1) is 0 Å². The SMILES string of the molecule is CNC(CN(CCOC)CC(C)C)C1CCCCC1. The number of nitrogens with one attached hydrogen (secondary N) is 1. The van der Waals surface area contributed by atoms with Crippen LogP contribution in [0.15, 0.2) is 0 Å². The maximum absolute atomic E-state index is 5.25. The van der Waals surface area contributed by atoms with Gasteiger partial charge in [-0.05, 0) is 31.7 Å². The Labute approximate surface area is 120 Å². The molecule has 1 aliphatic rings. The van der Waals surface area contributed by atoms with Gasteiger partial charge >= 0.3 is 0 Å². The molecular formula is C16H34N2O. The van der Waals surface area contributed by atoms with Crippen molar-refractivity contribution in [2.24, 2.45) is 11.8 Å². The molecule has 0 saturated heterocycles. The molecule has 0 radical (unpaired) electrons. The van der Waals surface area contributed by atoms with E-state index >= 15 is 0 Å². The summed E-state index contributed by atoms with van der Waals surface area (Å²) in [5.41, 5.74) is 0. The molecule has 3 nitrogen and oxygen atoms in total. The number of rotatable bonds is 9. The Morgan fingerprint density at radius 2 is 1.84 bits per heavy atom. The fourth-order valence-electron chi connectivity index (χ4n) is 3.28. The normalized spacial score (nSPS) is 19.3. The Morgan fingerprint density at radius 1 is 1.16 bits per heavy atom. The standard InChI is InChI=1S/C16H34N2O/c1-14(2)12-18(10-11-19-4)13-16(17-3)15-8-6-5-7-9-15/h14-17H,5-13H2,1-4H3. The molecule has 3 heteroatoms. The number of nitrogens with zero attached hydrogens (tertiary/aromatic N) is 1. The third-order valence-electron chi connectivity index (χ3n) is 4.28. The Kier molecular flexibility index (Phi) is 8.67. The molecule has 1 fully saturated rings. The molecular weight excluding hydrogens is 236 g/mol. The monoisotopic (exact) mass is 270 g/mol. The molecule has 0 aromatic heterocycles. The predicted octanol–water partition coefficient (Wildman–Crippen LogP) is 2.76. The highest BCUT2D eigenvalue weighted by atomic mass is 16.5. The molecule has 0 amide bonds. The van der Waals surface area contributed by atoms with Crippen LogP contribution in [0.4, 0.5) is 0 Å². The number of hydrogen-bond acceptors (Lipinski definition) is 3. The summed E-state index contributed by atoms with van der Waals surface area (Å²) >= 11 is 0. The smallest absolute Gasteiger partial charge is 0.0589 e. The van der Waals surface area contributed by atoms with Gasteiger partial charge in [-0.2, -0.15) is 0 Å². The van der Waals surface area contributed by atoms with Crippen LogP contribution in [-0.2, 0) is 4.74 Å². The fourth-order valence-corrected chi connectivity index (χ4v) is 3.28. The summed E-state index contributed by atoms with van der Waals surface area (Å²) in [5.74, 6) is 1.59. The summed E-state index contributed by atoms with van der Waals surface area (Å²) in [4.78, 5) is 2.57. The van der Waals surface area contributed by atoms with Gasteiger partial charge in [-0.25, -0.2) is 0 Å². The molecule has 19 heavy (non-hydrogen) atoms. The lowest BCUT2D eigenvalue weighted by Crippen LogP contribution is -2.46. The van der Waals surface area contributed by atoms with E-state index in [9.17, 15) is 0 Å². The summed E-state index contributed by atoms with van der Waals surface area (Å²) in [5, 5.41) is 3.57. The number of likely N-dealkylation sites (N-methyl/N-ethyl adjacent to an activating group) is 1. The summed E-state index contributed by atoms with van der Waals surface area (Å²) in [6.07, 6.45) is 7.10. The minimum atomic E-state index is 0.649. The second kappa shape index (κ2) is 9.73. The maximum atomic E-state index is 5.25. The van der Waals surface area contributed by atoms with Crippen molar-refractivity contribution in [1.29, 1.82) is 0 Å². The quantitative estimate of drug-likeness (QED) is 0.697. The van der Waals surface area contributed by atoms with E-state index in [0.717, 1.165) is 25.0 Å². The van der Waals surface area contributed by atoms with E-state index in [4.69, 9.17) is 4.74 Å². The summed E-state index contributed by atoms with van der Waals surface area (Å²) in [7, 11) is 3.92. The number of ether oxygens (including phenoxy) is 1. The second-order valence-corrected chi connectivity index (χ2v) is 6.44. The van der Waals surface area contributed by atoms with E-state index in [1.807, 2.05) is 0 Å².